The number of hydrogen-bond donors (Lipinski definition) is 2. The van der Waals surface area contributed by atoms with Crippen LogP contribution in [0.15, 0.2) is 30.3 Å². The van der Waals surface area contributed by atoms with Crippen molar-refractivity contribution in [2.45, 2.75) is 25.5 Å². The minimum atomic E-state index is -1.30. The van der Waals surface area contributed by atoms with Gasteiger partial charge in [-0.3, -0.25) is 9.59 Å². The number of carboxylic acids is 1. The third kappa shape index (κ3) is 5.37. The fraction of sp³-hybridized carbons (Fsp3) is 0.438. The summed E-state index contributed by atoms with van der Waals surface area (Å²) in [6.45, 7) is 0.821. The lowest BCUT2D eigenvalue weighted by Gasteiger charge is -2.16. The largest absolute Gasteiger partial charge is 0.480 e. The first-order valence-electron chi connectivity index (χ1n) is 7.36. The number of aliphatic carboxylic acids is 1. The second-order valence-corrected chi connectivity index (χ2v) is 5.31. The summed E-state index contributed by atoms with van der Waals surface area (Å²) < 4.78 is 10.1. The minimum absolute atomic E-state index is 0.0659. The highest BCUT2D eigenvalue weighted by molar-refractivity contribution is 5.88. The molecule has 1 heterocycles. The van der Waals surface area contributed by atoms with Crippen LogP contribution in [0.1, 0.15) is 18.4 Å². The van der Waals surface area contributed by atoms with Crippen LogP contribution in [0.25, 0.3) is 0 Å². The van der Waals surface area contributed by atoms with Gasteiger partial charge in [0.05, 0.1) is 18.9 Å². The van der Waals surface area contributed by atoms with Crippen LogP contribution in [-0.4, -0.2) is 42.2 Å². The van der Waals surface area contributed by atoms with Gasteiger partial charge in [-0.15, -0.1) is 0 Å². The molecule has 1 aromatic rings. The fourth-order valence-corrected chi connectivity index (χ4v) is 2.19. The molecule has 0 spiro atoms. The maximum absolute atomic E-state index is 11.9. The molecule has 2 atom stereocenters. The van der Waals surface area contributed by atoms with Crippen LogP contribution in [0.3, 0.4) is 0 Å². The maximum atomic E-state index is 11.9. The first-order valence-corrected chi connectivity index (χ1v) is 7.36. The van der Waals surface area contributed by atoms with Crippen molar-refractivity contribution in [3.05, 3.63) is 35.9 Å². The van der Waals surface area contributed by atoms with Crippen molar-refractivity contribution in [3.8, 4) is 0 Å². The molecule has 0 bridgehead atoms. The Bertz CT molecular complexity index is 553. The molecule has 0 aliphatic carbocycles. The Labute approximate surface area is 133 Å². The lowest BCUT2D eigenvalue weighted by Crippen LogP contribution is -2.45. The topological polar surface area (TPSA) is 102 Å². The van der Waals surface area contributed by atoms with Gasteiger partial charge in [0, 0.05) is 6.61 Å². The summed E-state index contributed by atoms with van der Waals surface area (Å²) >= 11 is 0. The van der Waals surface area contributed by atoms with E-state index in [2.05, 4.69) is 5.32 Å². The van der Waals surface area contributed by atoms with Crippen LogP contribution in [0.4, 0.5) is 0 Å². The Morgan fingerprint density at radius 1 is 1.30 bits per heavy atom. The van der Waals surface area contributed by atoms with E-state index in [1.807, 2.05) is 18.2 Å². The van der Waals surface area contributed by atoms with E-state index in [1.54, 1.807) is 12.1 Å². The smallest absolute Gasteiger partial charge is 0.326 e. The molecule has 0 saturated carbocycles. The second kappa shape index (κ2) is 8.28. The molecular formula is C16H19NO6. The number of benzene rings is 1. The summed E-state index contributed by atoms with van der Waals surface area (Å²) in [4.78, 5) is 34.9. The number of carbonyl (C=O) groups excluding carboxylic acids is 2. The minimum Gasteiger partial charge on any atom is -0.480 e. The third-order valence-corrected chi connectivity index (χ3v) is 3.53. The van der Waals surface area contributed by atoms with Crippen molar-refractivity contribution in [2.75, 3.05) is 13.2 Å². The van der Waals surface area contributed by atoms with Crippen molar-refractivity contribution in [1.29, 1.82) is 0 Å². The third-order valence-electron chi connectivity index (χ3n) is 3.53. The lowest BCUT2D eigenvalue weighted by atomic mass is 10.1. The number of nitrogens with one attached hydrogen (secondary N) is 1. The van der Waals surface area contributed by atoms with E-state index in [4.69, 9.17) is 14.6 Å². The van der Waals surface area contributed by atoms with E-state index in [0.29, 0.717) is 13.0 Å². The molecule has 23 heavy (non-hydrogen) atoms. The van der Waals surface area contributed by atoms with E-state index in [-0.39, 0.29) is 19.1 Å². The normalized spacial score (nSPS) is 18.2. The molecule has 1 fully saturated rings. The molecule has 0 aromatic heterocycles. The van der Waals surface area contributed by atoms with Gasteiger partial charge < -0.3 is 19.9 Å². The Balaban J connectivity index is 1.82. The molecule has 0 radical (unpaired) electrons. The summed E-state index contributed by atoms with van der Waals surface area (Å²) in [6, 6.07) is 7.76. The SMILES string of the molecule is O=C(C[C@@H](NC(=O)[C@@H]1CCOC1)C(=O)O)OCc1ccccc1. The summed E-state index contributed by atoms with van der Waals surface area (Å²) in [6.07, 6.45) is 0.137. The van der Waals surface area contributed by atoms with Gasteiger partial charge in [0.15, 0.2) is 0 Å². The van der Waals surface area contributed by atoms with Crippen molar-refractivity contribution in [2.24, 2.45) is 5.92 Å². The highest BCUT2D eigenvalue weighted by Gasteiger charge is 2.29. The number of amides is 1. The quantitative estimate of drug-likeness (QED) is 0.718. The van der Waals surface area contributed by atoms with Crippen LogP contribution < -0.4 is 5.32 Å². The predicted molar refractivity (Wildman–Crippen MR) is 79.3 cm³/mol. The summed E-state index contributed by atoms with van der Waals surface area (Å²) in [5.41, 5.74) is 0.805. The number of carboxylic acid groups (broad SMARTS) is 1. The molecule has 2 rings (SSSR count). The van der Waals surface area contributed by atoms with Crippen LogP contribution >= 0.6 is 0 Å². The van der Waals surface area contributed by atoms with Crippen molar-refractivity contribution in [3.63, 3.8) is 0 Å². The van der Waals surface area contributed by atoms with Crippen molar-refractivity contribution in [1.82, 2.24) is 5.32 Å². The van der Waals surface area contributed by atoms with E-state index >= 15 is 0 Å². The molecule has 0 unspecified atom stereocenters. The zero-order chi connectivity index (χ0) is 16.7. The molecule has 1 aliphatic heterocycles. The molecule has 7 nitrogen and oxygen atoms in total. The number of carbonyl (C=O) groups is 3. The highest BCUT2D eigenvalue weighted by atomic mass is 16.5. The molecule has 2 N–H and O–H groups in total. The van der Waals surface area contributed by atoms with Gasteiger partial charge in [-0.2, -0.15) is 0 Å². The van der Waals surface area contributed by atoms with Gasteiger partial charge in [0.1, 0.15) is 12.6 Å². The van der Waals surface area contributed by atoms with Crippen molar-refractivity contribution >= 4 is 17.8 Å². The number of ether oxygens (including phenoxy) is 2. The number of rotatable bonds is 7. The molecule has 1 aliphatic rings. The average Bonchev–Trinajstić information content (AvgIpc) is 3.07. The summed E-state index contributed by atoms with van der Waals surface area (Å²) in [7, 11) is 0. The Morgan fingerprint density at radius 2 is 2.04 bits per heavy atom. The average molecular weight is 321 g/mol. The maximum Gasteiger partial charge on any atom is 0.326 e. The Hall–Kier alpha value is -2.41. The second-order valence-electron chi connectivity index (χ2n) is 5.31. The highest BCUT2D eigenvalue weighted by Crippen LogP contribution is 2.13. The number of hydrogen-bond acceptors (Lipinski definition) is 5. The van der Waals surface area contributed by atoms with E-state index in [0.717, 1.165) is 5.56 Å². The first kappa shape index (κ1) is 17.0. The molecule has 1 saturated heterocycles. The Kier molecular flexibility index (Phi) is 6.10. The molecule has 1 aromatic carbocycles. The fourth-order valence-electron chi connectivity index (χ4n) is 2.19. The number of esters is 1. The van der Waals surface area contributed by atoms with Crippen LogP contribution in [-0.2, 0) is 30.5 Å². The van der Waals surface area contributed by atoms with E-state index in [1.165, 1.54) is 0 Å². The van der Waals surface area contributed by atoms with Gasteiger partial charge in [-0.25, -0.2) is 4.79 Å². The van der Waals surface area contributed by atoms with E-state index < -0.39 is 30.3 Å². The predicted octanol–water partition coefficient (Wildman–Crippen LogP) is 0.726. The van der Waals surface area contributed by atoms with Crippen LogP contribution in [0.5, 0.6) is 0 Å². The standard InChI is InChI=1S/C16H19NO6/c18-14(23-9-11-4-2-1-3-5-11)8-13(16(20)21)17-15(19)12-6-7-22-10-12/h1-5,12-13H,6-10H2,(H,17,19)(H,20,21)/t12-,13-/m1/s1. The molecular weight excluding hydrogens is 302 g/mol. The van der Waals surface area contributed by atoms with Gasteiger partial charge in [-0.1, -0.05) is 30.3 Å². The molecule has 7 heteroatoms. The summed E-state index contributed by atoms with van der Waals surface area (Å²) in [5, 5.41) is 11.5. The first-order chi connectivity index (χ1) is 11.1. The van der Waals surface area contributed by atoms with Gasteiger partial charge in [0.25, 0.3) is 0 Å². The monoisotopic (exact) mass is 321 g/mol. The van der Waals surface area contributed by atoms with Crippen molar-refractivity contribution < 1.29 is 29.0 Å². The lowest BCUT2D eigenvalue weighted by molar-refractivity contribution is -0.151. The zero-order valence-electron chi connectivity index (χ0n) is 12.6. The summed E-state index contributed by atoms with van der Waals surface area (Å²) in [5.74, 6) is -2.72. The Morgan fingerprint density at radius 3 is 2.65 bits per heavy atom. The van der Waals surface area contributed by atoms with Gasteiger partial charge >= 0.3 is 11.9 Å². The van der Waals surface area contributed by atoms with Crippen LogP contribution in [0, 0.1) is 5.92 Å². The zero-order valence-corrected chi connectivity index (χ0v) is 12.6. The van der Waals surface area contributed by atoms with E-state index in [9.17, 15) is 14.4 Å². The molecule has 1 amide bonds. The molecule has 124 valence electrons. The van der Waals surface area contributed by atoms with Gasteiger partial charge in [-0.05, 0) is 12.0 Å². The van der Waals surface area contributed by atoms with Crippen LogP contribution in [0.2, 0.25) is 0 Å². The van der Waals surface area contributed by atoms with Gasteiger partial charge in [0.2, 0.25) is 5.91 Å².